The second-order valence-electron chi connectivity index (χ2n) is 4.13. The molecule has 0 radical (unpaired) electrons. The molecular formula is C13H15F2N3OS. The van der Waals surface area contributed by atoms with Crippen LogP contribution in [-0.4, -0.2) is 21.8 Å². The minimum absolute atomic E-state index is 0.121. The fourth-order valence-corrected chi connectivity index (χ4v) is 2.51. The zero-order valence-corrected chi connectivity index (χ0v) is 12.0. The fraction of sp³-hybridized carbons (Fsp3) is 0.385. The zero-order valence-electron chi connectivity index (χ0n) is 11.1. The third-order valence-electron chi connectivity index (χ3n) is 2.70. The molecule has 0 saturated heterocycles. The minimum atomic E-state index is -2.80. The molecule has 0 aliphatic carbocycles. The molecule has 2 rings (SSSR count). The molecule has 1 heterocycles. The van der Waals surface area contributed by atoms with Gasteiger partial charge in [-0.1, -0.05) is 30.8 Å². The summed E-state index contributed by atoms with van der Waals surface area (Å²) in [5.41, 5.74) is 1.000. The smallest absolute Gasteiger partial charge is 0.387 e. The first-order chi connectivity index (χ1) is 9.58. The van der Waals surface area contributed by atoms with Gasteiger partial charge in [0.1, 0.15) is 11.6 Å². The molecule has 0 amide bonds. The van der Waals surface area contributed by atoms with Crippen molar-refractivity contribution in [3.8, 4) is 5.75 Å². The molecule has 1 N–H and O–H groups in total. The molecule has 1 aromatic heterocycles. The van der Waals surface area contributed by atoms with Crippen LogP contribution in [0.1, 0.15) is 30.5 Å². The van der Waals surface area contributed by atoms with Crippen molar-refractivity contribution in [1.29, 1.82) is 0 Å². The van der Waals surface area contributed by atoms with E-state index in [-0.39, 0.29) is 11.0 Å². The van der Waals surface area contributed by atoms with Crippen molar-refractivity contribution in [1.82, 2.24) is 15.2 Å². The highest BCUT2D eigenvalue weighted by Gasteiger charge is 2.12. The number of rotatable bonds is 6. The highest BCUT2D eigenvalue weighted by atomic mass is 32.2. The summed E-state index contributed by atoms with van der Waals surface area (Å²) in [7, 11) is 0. The monoisotopic (exact) mass is 299 g/mol. The number of hydrogen-bond donors (Lipinski definition) is 1. The highest BCUT2D eigenvalue weighted by Crippen LogP contribution is 2.33. The van der Waals surface area contributed by atoms with E-state index in [1.54, 1.807) is 12.1 Å². The number of H-pyrrole nitrogens is 1. The highest BCUT2D eigenvalue weighted by molar-refractivity contribution is 7.99. The molecule has 0 bridgehead atoms. The van der Waals surface area contributed by atoms with Crippen molar-refractivity contribution < 1.29 is 13.5 Å². The topological polar surface area (TPSA) is 50.8 Å². The van der Waals surface area contributed by atoms with E-state index in [2.05, 4.69) is 19.9 Å². The van der Waals surface area contributed by atoms with Crippen molar-refractivity contribution in [3.63, 3.8) is 0 Å². The van der Waals surface area contributed by atoms with Gasteiger partial charge in [0.05, 0.1) is 0 Å². The number of halogens is 2. The van der Waals surface area contributed by atoms with Crippen LogP contribution in [-0.2, 0) is 6.42 Å². The normalized spacial score (nSPS) is 12.7. The van der Waals surface area contributed by atoms with Gasteiger partial charge in [-0.05, 0) is 24.6 Å². The van der Waals surface area contributed by atoms with Crippen LogP contribution in [0.25, 0.3) is 0 Å². The molecule has 0 unspecified atom stereocenters. The van der Waals surface area contributed by atoms with Gasteiger partial charge in [0.2, 0.25) is 5.16 Å². The van der Waals surface area contributed by atoms with Crippen molar-refractivity contribution in [2.45, 2.75) is 37.3 Å². The van der Waals surface area contributed by atoms with Gasteiger partial charge in [-0.2, -0.15) is 8.78 Å². The van der Waals surface area contributed by atoms with Crippen LogP contribution in [0.3, 0.4) is 0 Å². The quantitative estimate of drug-likeness (QED) is 0.824. The minimum Gasteiger partial charge on any atom is -0.435 e. The van der Waals surface area contributed by atoms with E-state index in [1.165, 1.54) is 23.9 Å². The molecule has 4 nitrogen and oxygen atoms in total. The molecule has 1 atom stereocenters. The van der Waals surface area contributed by atoms with Crippen LogP contribution in [0.2, 0.25) is 0 Å². The molecule has 0 spiro atoms. The third-order valence-corrected chi connectivity index (χ3v) is 3.72. The van der Waals surface area contributed by atoms with Gasteiger partial charge in [-0.25, -0.2) is 4.98 Å². The number of aryl methyl sites for hydroxylation is 1. The summed E-state index contributed by atoms with van der Waals surface area (Å²) < 4.78 is 28.4. The van der Waals surface area contributed by atoms with Gasteiger partial charge in [-0.15, -0.1) is 5.10 Å². The molecule has 1 aromatic carbocycles. The SMILES string of the molecule is CCc1nc(S[C@H](C)c2ccc(OC(F)F)cc2)n[nH]1. The molecule has 0 aliphatic heterocycles. The van der Waals surface area contributed by atoms with Gasteiger partial charge in [-0.3, -0.25) is 5.10 Å². The summed E-state index contributed by atoms with van der Waals surface area (Å²) in [6, 6.07) is 6.60. The van der Waals surface area contributed by atoms with E-state index in [0.717, 1.165) is 17.8 Å². The molecule has 20 heavy (non-hydrogen) atoms. The second-order valence-corrected chi connectivity index (χ2v) is 5.43. The van der Waals surface area contributed by atoms with E-state index >= 15 is 0 Å². The van der Waals surface area contributed by atoms with Gasteiger partial charge in [0.25, 0.3) is 0 Å². The van der Waals surface area contributed by atoms with Crippen LogP contribution in [0.15, 0.2) is 29.4 Å². The van der Waals surface area contributed by atoms with Crippen molar-refractivity contribution in [2.75, 3.05) is 0 Å². The summed E-state index contributed by atoms with van der Waals surface area (Å²) in [6.07, 6.45) is 0.807. The predicted molar refractivity (Wildman–Crippen MR) is 73.1 cm³/mol. The van der Waals surface area contributed by atoms with E-state index in [4.69, 9.17) is 0 Å². The Labute approximate surface area is 119 Å². The van der Waals surface area contributed by atoms with Gasteiger partial charge in [0, 0.05) is 11.7 Å². The molecule has 0 aliphatic rings. The standard InChI is InChI=1S/C13H15F2N3OS/c1-3-11-16-13(18-17-11)20-8(2)9-4-6-10(7-5-9)19-12(14)15/h4-8,12H,3H2,1-2H3,(H,16,17,18)/t8-/m1/s1. The second kappa shape index (κ2) is 6.69. The fourth-order valence-electron chi connectivity index (χ4n) is 1.64. The maximum absolute atomic E-state index is 12.1. The first-order valence-electron chi connectivity index (χ1n) is 6.21. The lowest BCUT2D eigenvalue weighted by atomic mass is 10.2. The number of hydrogen-bond acceptors (Lipinski definition) is 4. The number of thioether (sulfide) groups is 1. The van der Waals surface area contributed by atoms with Gasteiger partial charge < -0.3 is 4.74 Å². The lowest BCUT2D eigenvalue weighted by Gasteiger charge is -2.10. The maximum atomic E-state index is 12.1. The van der Waals surface area contributed by atoms with Crippen LogP contribution in [0, 0.1) is 0 Å². The van der Waals surface area contributed by atoms with Crippen molar-refractivity contribution in [3.05, 3.63) is 35.7 Å². The molecule has 2 aromatic rings. The number of nitrogens with zero attached hydrogens (tertiary/aromatic N) is 2. The number of aromatic amines is 1. The van der Waals surface area contributed by atoms with Crippen LogP contribution < -0.4 is 4.74 Å². The number of nitrogens with one attached hydrogen (secondary N) is 1. The molecular weight excluding hydrogens is 284 g/mol. The molecule has 0 saturated carbocycles. The number of aromatic nitrogens is 3. The predicted octanol–water partition coefficient (Wildman–Crippen LogP) is 3.82. The summed E-state index contributed by atoms with van der Waals surface area (Å²) in [6.45, 7) is 1.21. The lowest BCUT2D eigenvalue weighted by molar-refractivity contribution is -0.0498. The number of alkyl halides is 2. The maximum Gasteiger partial charge on any atom is 0.387 e. The summed E-state index contributed by atoms with van der Waals surface area (Å²) in [4.78, 5) is 4.32. The Kier molecular flexibility index (Phi) is 4.94. The van der Waals surface area contributed by atoms with E-state index in [0.29, 0.717) is 5.16 Å². The average Bonchev–Trinajstić information content (AvgIpc) is 2.86. The van der Waals surface area contributed by atoms with Crippen molar-refractivity contribution in [2.24, 2.45) is 0 Å². The summed E-state index contributed by atoms with van der Waals surface area (Å²) >= 11 is 1.51. The van der Waals surface area contributed by atoms with Gasteiger partial charge >= 0.3 is 6.61 Å². The first kappa shape index (κ1) is 14.8. The Hall–Kier alpha value is -1.63. The van der Waals surface area contributed by atoms with E-state index < -0.39 is 6.61 Å². The number of ether oxygens (including phenoxy) is 1. The average molecular weight is 299 g/mol. The van der Waals surface area contributed by atoms with Gasteiger partial charge in [0.15, 0.2) is 0 Å². The molecule has 108 valence electrons. The molecule has 7 heteroatoms. The van der Waals surface area contributed by atoms with Crippen LogP contribution >= 0.6 is 11.8 Å². The first-order valence-corrected chi connectivity index (χ1v) is 7.09. The zero-order chi connectivity index (χ0) is 14.5. The van der Waals surface area contributed by atoms with E-state index in [9.17, 15) is 8.78 Å². The Morgan fingerprint density at radius 1 is 1.30 bits per heavy atom. The Bertz CT molecular complexity index is 545. The van der Waals surface area contributed by atoms with Crippen LogP contribution in [0.5, 0.6) is 5.75 Å². The Balaban J connectivity index is 1.99. The van der Waals surface area contributed by atoms with Crippen molar-refractivity contribution >= 4 is 11.8 Å². The number of benzene rings is 1. The summed E-state index contributed by atoms with van der Waals surface area (Å²) in [5, 5.41) is 7.77. The Morgan fingerprint density at radius 2 is 2.00 bits per heavy atom. The Morgan fingerprint density at radius 3 is 2.55 bits per heavy atom. The van der Waals surface area contributed by atoms with Crippen LogP contribution in [0.4, 0.5) is 8.78 Å². The third kappa shape index (κ3) is 3.93. The lowest BCUT2D eigenvalue weighted by Crippen LogP contribution is -2.01. The summed E-state index contributed by atoms with van der Waals surface area (Å²) in [5.74, 6) is 1.01. The largest absolute Gasteiger partial charge is 0.435 e. The van der Waals surface area contributed by atoms with E-state index in [1.807, 2.05) is 13.8 Å². The molecule has 0 fully saturated rings.